The first-order valence-electron chi connectivity index (χ1n) is 6.16. The van der Waals surface area contributed by atoms with Crippen molar-refractivity contribution in [2.75, 3.05) is 0 Å². The molecule has 102 valence electrons. The fraction of sp³-hybridized carbons (Fsp3) is 0.200. The third-order valence-corrected chi connectivity index (χ3v) is 2.87. The van der Waals surface area contributed by atoms with Gasteiger partial charge in [0.05, 0.1) is 0 Å². The molecule has 1 aromatic heterocycles. The Balaban J connectivity index is 2.58. The fourth-order valence-corrected chi connectivity index (χ4v) is 1.92. The number of hydrogen-bond donors (Lipinski definition) is 2. The number of H-pyrrole nitrogens is 1. The van der Waals surface area contributed by atoms with E-state index >= 15 is 0 Å². The molecule has 0 saturated heterocycles. The standard InChI is InChI=1S/C15H14N2O3/c1-2-3-7-10-17-14(19)12(13(18)16-15(17)20)11-8-5-4-6-9-11/h4-6,8-9,19H,7,10H2,1H3,(H,16,18,20). The van der Waals surface area contributed by atoms with Crippen molar-refractivity contribution in [1.82, 2.24) is 9.55 Å². The van der Waals surface area contributed by atoms with Gasteiger partial charge in [-0.1, -0.05) is 30.3 Å². The molecule has 20 heavy (non-hydrogen) atoms. The fourth-order valence-electron chi connectivity index (χ4n) is 1.92. The summed E-state index contributed by atoms with van der Waals surface area (Å²) in [5.74, 6) is 5.20. The maximum absolute atomic E-state index is 11.9. The molecule has 0 fully saturated rings. The SMILES string of the molecule is CC#CCCn1c(O)c(-c2ccccc2)c(=O)[nH]c1=O. The Labute approximate surface area is 115 Å². The second-order valence-corrected chi connectivity index (χ2v) is 4.15. The Morgan fingerprint density at radius 3 is 2.60 bits per heavy atom. The Morgan fingerprint density at radius 2 is 1.95 bits per heavy atom. The van der Waals surface area contributed by atoms with Crippen LogP contribution in [0.15, 0.2) is 39.9 Å². The summed E-state index contributed by atoms with van der Waals surface area (Å²) >= 11 is 0. The first-order valence-corrected chi connectivity index (χ1v) is 6.16. The number of nitrogens with one attached hydrogen (secondary N) is 1. The van der Waals surface area contributed by atoms with Crippen LogP contribution < -0.4 is 11.2 Å². The lowest BCUT2D eigenvalue weighted by Crippen LogP contribution is -2.31. The van der Waals surface area contributed by atoms with E-state index in [4.69, 9.17) is 0 Å². The number of benzene rings is 1. The van der Waals surface area contributed by atoms with Gasteiger partial charge in [-0.2, -0.15) is 0 Å². The average molecular weight is 270 g/mol. The molecule has 1 aromatic carbocycles. The molecule has 2 N–H and O–H groups in total. The van der Waals surface area contributed by atoms with Gasteiger partial charge in [0.1, 0.15) is 5.56 Å². The van der Waals surface area contributed by atoms with Crippen LogP contribution in [0.5, 0.6) is 5.88 Å². The minimum absolute atomic E-state index is 0.0923. The molecular weight excluding hydrogens is 256 g/mol. The number of aromatic amines is 1. The van der Waals surface area contributed by atoms with Crippen LogP contribution in [0.3, 0.4) is 0 Å². The molecule has 0 radical (unpaired) electrons. The van der Waals surface area contributed by atoms with Crippen LogP contribution in [-0.2, 0) is 6.54 Å². The highest BCUT2D eigenvalue weighted by atomic mass is 16.3. The Hall–Kier alpha value is -2.74. The zero-order valence-corrected chi connectivity index (χ0v) is 11.0. The van der Waals surface area contributed by atoms with Crippen LogP contribution in [0.2, 0.25) is 0 Å². The molecule has 2 rings (SSSR count). The van der Waals surface area contributed by atoms with Gasteiger partial charge in [0.2, 0.25) is 5.88 Å². The van der Waals surface area contributed by atoms with E-state index in [-0.39, 0.29) is 18.0 Å². The van der Waals surface area contributed by atoms with Gasteiger partial charge >= 0.3 is 5.69 Å². The Bertz CT molecular complexity index is 777. The van der Waals surface area contributed by atoms with E-state index < -0.39 is 11.2 Å². The number of nitrogens with zero attached hydrogens (tertiary/aromatic N) is 1. The van der Waals surface area contributed by atoms with E-state index in [1.165, 1.54) is 0 Å². The maximum Gasteiger partial charge on any atom is 0.331 e. The average Bonchev–Trinajstić information content (AvgIpc) is 2.43. The summed E-state index contributed by atoms with van der Waals surface area (Å²) in [7, 11) is 0. The van der Waals surface area contributed by atoms with E-state index in [1.54, 1.807) is 31.2 Å². The van der Waals surface area contributed by atoms with Crippen molar-refractivity contribution in [3.05, 3.63) is 51.2 Å². The molecule has 0 aliphatic carbocycles. The zero-order valence-electron chi connectivity index (χ0n) is 11.0. The van der Waals surface area contributed by atoms with Crippen LogP contribution in [0.4, 0.5) is 0 Å². The zero-order chi connectivity index (χ0) is 14.5. The molecule has 1 heterocycles. The van der Waals surface area contributed by atoms with Crippen molar-refractivity contribution in [3.8, 4) is 28.8 Å². The van der Waals surface area contributed by atoms with Crippen molar-refractivity contribution in [2.45, 2.75) is 19.9 Å². The highest BCUT2D eigenvalue weighted by molar-refractivity contribution is 5.67. The second kappa shape index (κ2) is 5.93. The van der Waals surface area contributed by atoms with Gasteiger partial charge in [0, 0.05) is 13.0 Å². The van der Waals surface area contributed by atoms with Gasteiger partial charge in [-0.25, -0.2) is 4.79 Å². The molecule has 0 saturated carbocycles. The number of hydrogen-bond acceptors (Lipinski definition) is 3. The van der Waals surface area contributed by atoms with Gasteiger partial charge < -0.3 is 5.11 Å². The van der Waals surface area contributed by atoms with Crippen LogP contribution >= 0.6 is 0 Å². The highest BCUT2D eigenvalue weighted by Crippen LogP contribution is 2.23. The minimum atomic E-state index is -0.634. The van der Waals surface area contributed by atoms with Crippen LogP contribution in [-0.4, -0.2) is 14.7 Å². The minimum Gasteiger partial charge on any atom is -0.494 e. The molecule has 0 bridgehead atoms. The molecule has 0 unspecified atom stereocenters. The molecule has 5 heteroatoms. The molecule has 0 spiro atoms. The lowest BCUT2D eigenvalue weighted by molar-refractivity contribution is 0.404. The monoisotopic (exact) mass is 270 g/mol. The summed E-state index contributed by atoms with van der Waals surface area (Å²) in [5, 5.41) is 10.2. The molecular formula is C15H14N2O3. The molecule has 2 aromatic rings. The van der Waals surface area contributed by atoms with Gasteiger partial charge in [-0.15, -0.1) is 11.8 Å². The van der Waals surface area contributed by atoms with Crippen LogP contribution in [0, 0.1) is 11.8 Å². The lowest BCUT2D eigenvalue weighted by atomic mass is 10.1. The van der Waals surface area contributed by atoms with Crippen molar-refractivity contribution in [2.24, 2.45) is 0 Å². The van der Waals surface area contributed by atoms with E-state index in [9.17, 15) is 14.7 Å². The Morgan fingerprint density at radius 1 is 1.25 bits per heavy atom. The van der Waals surface area contributed by atoms with Crippen LogP contribution in [0.1, 0.15) is 13.3 Å². The van der Waals surface area contributed by atoms with E-state index in [0.717, 1.165) is 4.57 Å². The smallest absolute Gasteiger partial charge is 0.331 e. The Kier molecular flexibility index (Phi) is 4.06. The van der Waals surface area contributed by atoms with Crippen molar-refractivity contribution in [3.63, 3.8) is 0 Å². The normalized spacial score (nSPS) is 9.85. The molecule has 0 aliphatic heterocycles. The highest BCUT2D eigenvalue weighted by Gasteiger charge is 2.15. The molecule has 0 aliphatic rings. The van der Waals surface area contributed by atoms with Crippen molar-refractivity contribution < 1.29 is 5.11 Å². The number of aromatic nitrogens is 2. The first-order chi connectivity index (χ1) is 9.65. The topological polar surface area (TPSA) is 75.1 Å². The summed E-state index contributed by atoms with van der Waals surface area (Å²) in [5.41, 5.74) is -0.585. The summed E-state index contributed by atoms with van der Waals surface area (Å²) in [6, 6.07) is 8.72. The number of rotatable bonds is 3. The second-order valence-electron chi connectivity index (χ2n) is 4.15. The molecule has 0 amide bonds. The predicted octanol–water partition coefficient (Wildman–Crippen LogP) is 1.32. The van der Waals surface area contributed by atoms with Gasteiger partial charge in [-0.05, 0) is 12.5 Å². The van der Waals surface area contributed by atoms with Crippen LogP contribution in [0.25, 0.3) is 11.1 Å². The largest absolute Gasteiger partial charge is 0.494 e. The van der Waals surface area contributed by atoms with Crippen molar-refractivity contribution >= 4 is 0 Å². The van der Waals surface area contributed by atoms with E-state index in [1.807, 2.05) is 6.07 Å². The first kappa shape index (κ1) is 13.7. The summed E-state index contributed by atoms with van der Waals surface area (Å²) in [4.78, 5) is 25.8. The van der Waals surface area contributed by atoms with Crippen molar-refractivity contribution in [1.29, 1.82) is 0 Å². The predicted molar refractivity (Wildman–Crippen MR) is 76.5 cm³/mol. The van der Waals surface area contributed by atoms with Gasteiger partial charge in [0.25, 0.3) is 5.56 Å². The summed E-state index contributed by atoms with van der Waals surface area (Å²) in [6.45, 7) is 1.92. The maximum atomic E-state index is 11.9. The number of aromatic hydroxyl groups is 1. The van der Waals surface area contributed by atoms with E-state index in [2.05, 4.69) is 16.8 Å². The summed E-state index contributed by atoms with van der Waals surface area (Å²) in [6.07, 6.45) is 0.421. The van der Waals surface area contributed by atoms with Gasteiger partial charge in [0.15, 0.2) is 0 Å². The van der Waals surface area contributed by atoms with E-state index in [0.29, 0.717) is 12.0 Å². The molecule has 0 atom stereocenters. The molecule has 5 nitrogen and oxygen atoms in total. The lowest BCUT2D eigenvalue weighted by Gasteiger charge is -2.10. The third-order valence-electron chi connectivity index (χ3n) is 2.87. The summed E-state index contributed by atoms with van der Waals surface area (Å²) < 4.78 is 1.12. The quantitative estimate of drug-likeness (QED) is 0.826. The third kappa shape index (κ3) is 2.64. The van der Waals surface area contributed by atoms with Gasteiger partial charge in [-0.3, -0.25) is 14.3 Å².